The minimum Gasteiger partial charge on any atom is -0.233 e. The van der Waals surface area contributed by atoms with Gasteiger partial charge in [0.2, 0.25) is 0 Å². The van der Waals surface area contributed by atoms with Crippen LogP contribution in [-0.2, 0) is 0 Å². The number of aryl methyl sites for hydroxylation is 2. The van der Waals surface area contributed by atoms with Gasteiger partial charge in [-0.25, -0.2) is 24.9 Å². The molecule has 0 aliphatic carbocycles. The first-order chi connectivity index (χ1) is 27.4. The average molecular weight is 732 g/mol. The van der Waals surface area contributed by atoms with E-state index >= 15 is 0 Å². The normalized spacial score (nSPS) is 10.5. The molecule has 5 heteroatoms. The Labute approximate surface area is 332 Å². The number of benzene rings is 6. The summed E-state index contributed by atoms with van der Waals surface area (Å²) in [6.07, 6.45) is 2.50. The Balaban J connectivity index is 0.000000834. The van der Waals surface area contributed by atoms with Crippen molar-refractivity contribution in [3.05, 3.63) is 175 Å². The highest BCUT2D eigenvalue weighted by molar-refractivity contribution is 5.82. The predicted octanol–water partition coefficient (Wildman–Crippen LogP) is 13.8. The van der Waals surface area contributed by atoms with Crippen LogP contribution in [0.4, 0.5) is 0 Å². The zero-order chi connectivity index (χ0) is 39.3. The zero-order valence-electron chi connectivity index (χ0n) is 33.2. The van der Waals surface area contributed by atoms with Gasteiger partial charge in [-0.05, 0) is 71.5 Å². The van der Waals surface area contributed by atoms with Gasteiger partial charge in [0.25, 0.3) is 0 Å². The van der Waals surface area contributed by atoms with E-state index in [-0.39, 0.29) is 0 Å². The molecule has 0 atom stereocenters. The number of nitrogens with zero attached hydrogens (tertiary/aromatic N) is 5. The highest BCUT2D eigenvalue weighted by Gasteiger charge is 2.15. The third-order valence-electron chi connectivity index (χ3n) is 8.67. The second kappa shape index (κ2) is 19.1. The van der Waals surface area contributed by atoms with Gasteiger partial charge in [0.15, 0.2) is 23.3 Å². The monoisotopic (exact) mass is 731 g/mol. The molecule has 8 aromatic rings. The molecule has 0 aliphatic heterocycles. The SMILES string of the molecule is CCC.CCC.Cc1cc(C)nc(-c2ccc(-c3cc(-c4ccc(-c5ccccc5)cc4)cc(-c4nc(-c5ccccc5)nc(-c5ccccc5)n4)c3)cc2)n1. The van der Waals surface area contributed by atoms with Gasteiger partial charge in [0.05, 0.1) is 0 Å². The van der Waals surface area contributed by atoms with Crippen LogP contribution in [0.15, 0.2) is 164 Å². The second-order valence-electron chi connectivity index (χ2n) is 13.7. The molecular weight excluding hydrogens is 683 g/mol. The topological polar surface area (TPSA) is 64.5 Å². The summed E-state index contributed by atoms with van der Waals surface area (Å²) in [5, 5.41) is 0. The van der Waals surface area contributed by atoms with Crippen LogP contribution in [0, 0.1) is 13.8 Å². The van der Waals surface area contributed by atoms with E-state index < -0.39 is 0 Å². The molecule has 2 heterocycles. The molecule has 5 nitrogen and oxygen atoms in total. The third-order valence-corrected chi connectivity index (χ3v) is 8.67. The number of hydrogen-bond acceptors (Lipinski definition) is 5. The Bertz CT molecular complexity index is 2360. The third kappa shape index (κ3) is 9.93. The zero-order valence-corrected chi connectivity index (χ0v) is 33.2. The van der Waals surface area contributed by atoms with Crippen molar-refractivity contribution >= 4 is 0 Å². The maximum absolute atomic E-state index is 5.05. The van der Waals surface area contributed by atoms with E-state index in [2.05, 4.69) is 129 Å². The molecule has 0 unspecified atom stereocenters. The summed E-state index contributed by atoms with van der Waals surface area (Å²) in [6, 6.07) is 56.4. The fourth-order valence-corrected chi connectivity index (χ4v) is 6.18. The molecule has 0 radical (unpaired) electrons. The van der Waals surface area contributed by atoms with Crippen LogP contribution in [-0.4, -0.2) is 24.9 Å². The van der Waals surface area contributed by atoms with Crippen LogP contribution in [0.3, 0.4) is 0 Å². The standard InChI is InChI=1S/C45H33N5.2C3H8/c1-30-26-31(2)47-42(46-30)38-24-22-35(23-25-38)40-27-39(34-20-18-33(19-21-34)32-12-6-3-7-13-32)28-41(29-40)45-49-43(36-14-8-4-9-15-36)48-44(50-45)37-16-10-5-11-17-37;2*1-3-2/h3-29H,1-2H3;2*3H2,1-2H3. The molecule has 0 saturated heterocycles. The highest BCUT2D eigenvalue weighted by atomic mass is 15.0. The lowest BCUT2D eigenvalue weighted by atomic mass is 9.94. The van der Waals surface area contributed by atoms with Crippen molar-refractivity contribution in [1.29, 1.82) is 0 Å². The maximum atomic E-state index is 5.05. The lowest BCUT2D eigenvalue weighted by molar-refractivity contribution is 1.06. The van der Waals surface area contributed by atoms with Crippen molar-refractivity contribution in [2.45, 2.75) is 54.4 Å². The van der Waals surface area contributed by atoms with Crippen LogP contribution in [0.1, 0.15) is 51.9 Å². The smallest absolute Gasteiger partial charge is 0.164 e. The Hall–Kier alpha value is -6.59. The van der Waals surface area contributed by atoms with Gasteiger partial charge in [-0.3, -0.25) is 0 Å². The van der Waals surface area contributed by atoms with Crippen molar-refractivity contribution in [2.75, 3.05) is 0 Å². The van der Waals surface area contributed by atoms with Crippen molar-refractivity contribution in [3.8, 4) is 78.9 Å². The van der Waals surface area contributed by atoms with Crippen LogP contribution in [0.25, 0.3) is 78.9 Å². The van der Waals surface area contributed by atoms with Gasteiger partial charge in [-0.1, -0.05) is 180 Å². The van der Waals surface area contributed by atoms with Gasteiger partial charge < -0.3 is 0 Å². The van der Waals surface area contributed by atoms with Gasteiger partial charge in [0, 0.05) is 33.6 Å². The lowest BCUT2D eigenvalue weighted by Crippen LogP contribution is -2.00. The van der Waals surface area contributed by atoms with E-state index in [0.717, 1.165) is 61.7 Å². The van der Waals surface area contributed by atoms with Crippen molar-refractivity contribution < 1.29 is 0 Å². The Morgan fingerprint density at radius 2 is 0.518 bits per heavy atom. The molecule has 56 heavy (non-hydrogen) atoms. The number of aromatic nitrogens is 5. The second-order valence-corrected chi connectivity index (χ2v) is 13.7. The first-order valence-corrected chi connectivity index (χ1v) is 19.5. The van der Waals surface area contributed by atoms with E-state index in [4.69, 9.17) is 15.0 Å². The molecule has 2 aromatic heterocycles. The summed E-state index contributed by atoms with van der Waals surface area (Å²) < 4.78 is 0. The molecule has 0 N–H and O–H groups in total. The number of rotatable bonds is 7. The number of hydrogen-bond donors (Lipinski definition) is 0. The van der Waals surface area contributed by atoms with Gasteiger partial charge in [-0.15, -0.1) is 0 Å². The molecule has 0 bridgehead atoms. The minimum atomic E-state index is 0.613. The Kier molecular flexibility index (Phi) is 13.4. The maximum Gasteiger partial charge on any atom is 0.164 e. The summed E-state index contributed by atoms with van der Waals surface area (Å²) in [5.74, 6) is 2.61. The average Bonchev–Trinajstić information content (AvgIpc) is 3.25. The molecule has 0 saturated carbocycles. The van der Waals surface area contributed by atoms with Crippen molar-refractivity contribution in [3.63, 3.8) is 0 Å². The van der Waals surface area contributed by atoms with E-state index in [9.17, 15) is 0 Å². The molecule has 6 aromatic carbocycles. The van der Waals surface area contributed by atoms with Crippen LogP contribution in [0.2, 0.25) is 0 Å². The predicted molar refractivity (Wildman–Crippen MR) is 235 cm³/mol. The first-order valence-electron chi connectivity index (χ1n) is 19.5. The molecule has 0 fully saturated rings. The molecule has 0 amide bonds. The summed E-state index contributed by atoms with van der Waals surface area (Å²) in [5.41, 5.74) is 12.3. The van der Waals surface area contributed by atoms with E-state index in [1.54, 1.807) is 0 Å². The molecular formula is C51H49N5. The highest BCUT2D eigenvalue weighted by Crippen LogP contribution is 2.35. The van der Waals surface area contributed by atoms with Crippen LogP contribution in [0.5, 0.6) is 0 Å². The summed E-state index contributed by atoms with van der Waals surface area (Å²) in [7, 11) is 0. The van der Waals surface area contributed by atoms with Crippen LogP contribution >= 0.6 is 0 Å². The van der Waals surface area contributed by atoms with Gasteiger partial charge in [-0.2, -0.15) is 0 Å². The van der Waals surface area contributed by atoms with Gasteiger partial charge >= 0.3 is 0 Å². The van der Waals surface area contributed by atoms with E-state index in [1.807, 2.05) is 86.6 Å². The largest absolute Gasteiger partial charge is 0.233 e. The molecule has 0 aliphatic rings. The summed E-state index contributed by atoms with van der Waals surface area (Å²) in [6.45, 7) is 12.5. The van der Waals surface area contributed by atoms with Crippen molar-refractivity contribution in [1.82, 2.24) is 24.9 Å². The molecule has 8 rings (SSSR count). The first kappa shape index (κ1) is 39.1. The quantitative estimate of drug-likeness (QED) is 0.163. The minimum absolute atomic E-state index is 0.613. The Morgan fingerprint density at radius 1 is 0.268 bits per heavy atom. The molecule has 278 valence electrons. The Morgan fingerprint density at radius 3 is 0.911 bits per heavy atom. The van der Waals surface area contributed by atoms with Crippen molar-refractivity contribution in [2.24, 2.45) is 0 Å². The van der Waals surface area contributed by atoms with Crippen LogP contribution < -0.4 is 0 Å². The fraction of sp³-hybridized carbons (Fsp3) is 0.157. The lowest BCUT2D eigenvalue weighted by Gasteiger charge is -2.13. The van der Waals surface area contributed by atoms with Gasteiger partial charge in [0.1, 0.15) is 0 Å². The summed E-state index contributed by atoms with van der Waals surface area (Å²) >= 11 is 0. The van der Waals surface area contributed by atoms with E-state index in [1.165, 1.54) is 24.0 Å². The van der Waals surface area contributed by atoms with E-state index in [0.29, 0.717) is 17.5 Å². The molecule has 0 spiro atoms. The fourth-order valence-electron chi connectivity index (χ4n) is 6.18. The summed E-state index contributed by atoms with van der Waals surface area (Å²) in [4.78, 5) is 24.4.